The number of nitrogens with one attached hydrogen (secondary N) is 1. The van der Waals surface area contributed by atoms with Gasteiger partial charge in [-0.15, -0.1) is 0 Å². The third kappa shape index (κ3) is 5.21. The van der Waals surface area contributed by atoms with Gasteiger partial charge in [-0.25, -0.2) is 9.78 Å². The summed E-state index contributed by atoms with van der Waals surface area (Å²) < 4.78 is 7.80. The lowest BCUT2D eigenvalue weighted by Crippen LogP contribution is -2.22. The number of anilines is 1. The summed E-state index contributed by atoms with van der Waals surface area (Å²) in [6.07, 6.45) is 0.711. The van der Waals surface area contributed by atoms with Crippen LogP contribution in [0.2, 0.25) is 25.7 Å². The molecule has 0 bridgehead atoms. The van der Waals surface area contributed by atoms with E-state index in [-0.39, 0.29) is 0 Å². The van der Waals surface area contributed by atoms with Gasteiger partial charge in [-0.1, -0.05) is 31.8 Å². The SMILES string of the molecule is Cc1ncn(COCC[Si](C)(C)C)c1-c1ccc(NC(=O)O)cc1. The molecule has 0 saturated heterocycles. The van der Waals surface area contributed by atoms with E-state index in [0.717, 1.165) is 29.6 Å². The van der Waals surface area contributed by atoms with Gasteiger partial charge in [0.15, 0.2) is 0 Å². The number of ether oxygens (including phenoxy) is 1. The maximum absolute atomic E-state index is 10.7. The second-order valence-corrected chi connectivity index (χ2v) is 12.6. The second kappa shape index (κ2) is 7.63. The Hall–Kier alpha value is -2.12. The zero-order chi connectivity index (χ0) is 17.7. The Labute approximate surface area is 143 Å². The van der Waals surface area contributed by atoms with E-state index in [1.54, 1.807) is 18.5 Å². The Morgan fingerprint density at radius 3 is 2.54 bits per heavy atom. The number of nitrogens with zero attached hydrogens (tertiary/aromatic N) is 2. The van der Waals surface area contributed by atoms with E-state index in [0.29, 0.717) is 12.4 Å². The fraction of sp³-hybridized carbons (Fsp3) is 0.412. The molecule has 2 N–H and O–H groups in total. The van der Waals surface area contributed by atoms with E-state index < -0.39 is 14.2 Å². The first-order valence-electron chi connectivity index (χ1n) is 7.96. The van der Waals surface area contributed by atoms with Crippen LogP contribution in [0.25, 0.3) is 11.3 Å². The first-order valence-corrected chi connectivity index (χ1v) is 11.7. The molecular weight excluding hydrogens is 322 g/mol. The van der Waals surface area contributed by atoms with Crippen LogP contribution in [-0.2, 0) is 11.5 Å². The molecule has 0 unspecified atom stereocenters. The summed E-state index contributed by atoms with van der Waals surface area (Å²) in [5.74, 6) is 0. The van der Waals surface area contributed by atoms with Crippen LogP contribution in [-0.4, -0.2) is 35.4 Å². The highest BCUT2D eigenvalue weighted by atomic mass is 28.3. The van der Waals surface area contributed by atoms with Gasteiger partial charge in [0.2, 0.25) is 0 Å². The third-order valence-corrected chi connectivity index (χ3v) is 5.36. The minimum Gasteiger partial charge on any atom is -0.465 e. The summed E-state index contributed by atoms with van der Waals surface area (Å²) in [5.41, 5.74) is 3.43. The van der Waals surface area contributed by atoms with Gasteiger partial charge in [0.05, 0.1) is 17.7 Å². The predicted molar refractivity (Wildman–Crippen MR) is 98.2 cm³/mol. The van der Waals surface area contributed by atoms with Gasteiger partial charge in [0.1, 0.15) is 6.73 Å². The number of hydrogen-bond donors (Lipinski definition) is 2. The highest BCUT2D eigenvalue weighted by molar-refractivity contribution is 6.76. The van der Waals surface area contributed by atoms with Crippen molar-refractivity contribution in [2.24, 2.45) is 0 Å². The maximum Gasteiger partial charge on any atom is 0.409 e. The Bertz CT molecular complexity index is 690. The van der Waals surface area contributed by atoms with Gasteiger partial charge in [0.25, 0.3) is 0 Å². The van der Waals surface area contributed by atoms with Gasteiger partial charge in [-0.3, -0.25) is 5.32 Å². The summed E-state index contributed by atoms with van der Waals surface area (Å²) in [5, 5.41) is 11.1. The van der Waals surface area contributed by atoms with Crippen molar-refractivity contribution in [2.45, 2.75) is 39.3 Å². The molecule has 0 spiro atoms. The van der Waals surface area contributed by atoms with Crippen LogP contribution in [0.3, 0.4) is 0 Å². The number of amides is 1. The standard InChI is InChI=1S/C17H25N3O3Si/c1-13-16(14-5-7-15(8-6-14)19-17(21)22)20(11-18-13)12-23-9-10-24(2,3)4/h5-8,11,19H,9-10,12H2,1-4H3,(H,21,22). The lowest BCUT2D eigenvalue weighted by atomic mass is 10.1. The zero-order valence-corrected chi connectivity index (χ0v) is 15.7. The molecule has 2 rings (SSSR count). The van der Waals surface area contributed by atoms with Gasteiger partial charge < -0.3 is 14.4 Å². The fourth-order valence-electron chi connectivity index (χ4n) is 2.33. The molecule has 1 amide bonds. The fourth-order valence-corrected chi connectivity index (χ4v) is 3.09. The Morgan fingerprint density at radius 1 is 1.29 bits per heavy atom. The number of carbonyl (C=O) groups is 1. The van der Waals surface area contributed by atoms with Crippen LogP contribution in [0.4, 0.5) is 10.5 Å². The van der Waals surface area contributed by atoms with Crippen molar-refractivity contribution in [1.29, 1.82) is 0 Å². The van der Waals surface area contributed by atoms with Crippen LogP contribution < -0.4 is 5.32 Å². The number of benzene rings is 1. The molecule has 24 heavy (non-hydrogen) atoms. The number of imidazole rings is 1. The quantitative estimate of drug-likeness (QED) is 0.579. The Kier molecular flexibility index (Phi) is 5.79. The van der Waals surface area contributed by atoms with Crippen molar-refractivity contribution < 1.29 is 14.6 Å². The summed E-state index contributed by atoms with van der Waals surface area (Å²) in [6.45, 7) is 10.2. The number of aromatic nitrogens is 2. The van der Waals surface area contributed by atoms with Crippen LogP contribution >= 0.6 is 0 Å². The monoisotopic (exact) mass is 347 g/mol. The molecule has 0 saturated carbocycles. The summed E-state index contributed by atoms with van der Waals surface area (Å²) in [7, 11) is -1.09. The number of hydrogen-bond acceptors (Lipinski definition) is 3. The van der Waals surface area contributed by atoms with E-state index in [1.807, 2.05) is 23.6 Å². The summed E-state index contributed by atoms with van der Waals surface area (Å²) in [4.78, 5) is 15.0. The first kappa shape index (κ1) is 18.2. The average Bonchev–Trinajstić information content (AvgIpc) is 2.84. The van der Waals surface area contributed by atoms with Crippen LogP contribution in [0.1, 0.15) is 5.69 Å². The summed E-state index contributed by atoms with van der Waals surface area (Å²) in [6, 6.07) is 8.38. The minimum absolute atomic E-state index is 0.468. The van der Waals surface area contributed by atoms with Crippen molar-refractivity contribution >= 4 is 19.9 Å². The van der Waals surface area contributed by atoms with Gasteiger partial charge >= 0.3 is 6.09 Å². The third-order valence-electron chi connectivity index (χ3n) is 3.66. The smallest absolute Gasteiger partial charge is 0.409 e. The highest BCUT2D eigenvalue weighted by Crippen LogP contribution is 2.24. The average molecular weight is 347 g/mol. The maximum atomic E-state index is 10.7. The molecule has 0 atom stereocenters. The molecule has 2 aromatic rings. The number of rotatable bonds is 7. The molecular formula is C17H25N3O3Si. The largest absolute Gasteiger partial charge is 0.465 e. The second-order valence-electron chi connectivity index (χ2n) is 7.00. The van der Waals surface area contributed by atoms with E-state index in [2.05, 4.69) is 29.9 Å². The molecule has 1 aromatic carbocycles. The molecule has 1 heterocycles. The van der Waals surface area contributed by atoms with Crippen molar-refractivity contribution in [3.05, 3.63) is 36.3 Å². The first-order chi connectivity index (χ1) is 11.3. The Balaban J connectivity index is 2.07. The van der Waals surface area contributed by atoms with Gasteiger partial charge in [0, 0.05) is 25.9 Å². The lowest BCUT2D eigenvalue weighted by molar-refractivity contribution is 0.0881. The van der Waals surface area contributed by atoms with Crippen molar-refractivity contribution in [3.63, 3.8) is 0 Å². The van der Waals surface area contributed by atoms with Crippen molar-refractivity contribution in [3.8, 4) is 11.3 Å². The Morgan fingerprint density at radius 2 is 1.96 bits per heavy atom. The van der Waals surface area contributed by atoms with Gasteiger partial charge in [-0.2, -0.15) is 0 Å². The van der Waals surface area contributed by atoms with Crippen LogP contribution in [0.15, 0.2) is 30.6 Å². The van der Waals surface area contributed by atoms with Crippen molar-refractivity contribution in [2.75, 3.05) is 11.9 Å². The number of aryl methyl sites for hydroxylation is 1. The van der Waals surface area contributed by atoms with Gasteiger partial charge in [-0.05, 0) is 25.1 Å². The van der Waals surface area contributed by atoms with E-state index in [1.165, 1.54) is 0 Å². The van der Waals surface area contributed by atoms with E-state index in [4.69, 9.17) is 9.84 Å². The van der Waals surface area contributed by atoms with Crippen molar-refractivity contribution in [1.82, 2.24) is 9.55 Å². The molecule has 0 aliphatic carbocycles. The minimum atomic E-state index is -1.09. The summed E-state index contributed by atoms with van der Waals surface area (Å²) >= 11 is 0. The zero-order valence-electron chi connectivity index (χ0n) is 14.7. The molecule has 0 fully saturated rings. The van der Waals surface area contributed by atoms with E-state index in [9.17, 15) is 4.79 Å². The number of carboxylic acid groups (broad SMARTS) is 1. The topological polar surface area (TPSA) is 76.4 Å². The van der Waals surface area contributed by atoms with Crippen LogP contribution in [0, 0.1) is 6.92 Å². The predicted octanol–water partition coefficient (Wildman–Crippen LogP) is 4.26. The molecule has 7 heteroatoms. The molecule has 6 nitrogen and oxygen atoms in total. The highest BCUT2D eigenvalue weighted by Gasteiger charge is 2.13. The van der Waals surface area contributed by atoms with E-state index >= 15 is 0 Å². The lowest BCUT2D eigenvalue weighted by Gasteiger charge is -2.16. The molecule has 0 aliphatic rings. The molecule has 1 aromatic heterocycles. The van der Waals surface area contributed by atoms with Crippen LogP contribution in [0.5, 0.6) is 0 Å². The molecule has 130 valence electrons. The molecule has 0 aliphatic heterocycles. The molecule has 0 radical (unpaired) electrons. The normalized spacial score (nSPS) is 11.5.